The number of hydrogen-bond acceptors (Lipinski definition) is 5. The highest BCUT2D eigenvalue weighted by molar-refractivity contribution is 6.25. The van der Waals surface area contributed by atoms with Gasteiger partial charge in [-0.2, -0.15) is 0 Å². The van der Waals surface area contributed by atoms with Crippen LogP contribution in [-0.4, -0.2) is 24.9 Å². The van der Waals surface area contributed by atoms with Crippen LogP contribution in [0.15, 0.2) is 176 Å². The molecule has 0 saturated carbocycles. The number of fused-ring (bicyclic) bond motifs is 7. The first-order chi connectivity index (χ1) is 25.8. The van der Waals surface area contributed by atoms with Gasteiger partial charge in [-0.25, -0.2) is 15.0 Å². The summed E-state index contributed by atoms with van der Waals surface area (Å²) < 4.78 is 0. The van der Waals surface area contributed by atoms with Crippen LogP contribution in [0.1, 0.15) is 0 Å². The number of rotatable bonds is 5. The van der Waals surface area contributed by atoms with Gasteiger partial charge in [0.25, 0.3) is 0 Å². The molecule has 0 aliphatic rings. The molecule has 0 unspecified atom stereocenters. The summed E-state index contributed by atoms with van der Waals surface area (Å²) in [5, 5.41) is 9.89. The van der Waals surface area contributed by atoms with E-state index in [1.807, 2.05) is 24.3 Å². The quantitative estimate of drug-likeness (QED) is 0.171. The largest absolute Gasteiger partial charge is 0.264 e. The molecule has 0 saturated heterocycles. The van der Waals surface area contributed by atoms with E-state index in [1.54, 1.807) is 24.8 Å². The van der Waals surface area contributed by atoms with Crippen LogP contribution in [-0.2, 0) is 0 Å². The summed E-state index contributed by atoms with van der Waals surface area (Å²) in [6.45, 7) is 0. The fourth-order valence-electron chi connectivity index (χ4n) is 7.45. The van der Waals surface area contributed by atoms with E-state index in [1.165, 1.54) is 43.1 Å². The van der Waals surface area contributed by atoms with E-state index >= 15 is 0 Å². The zero-order chi connectivity index (χ0) is 34.4. The topological polar surface area (TPSA) is 64.5 Å². The average molecular weight is 664 g/mol. The predicted molar refractivity (Wildman–Crippen MR) is 213 cm³/mol. The second kappa shape index (κ2) is 12.3. The Balaban J connectivity index is 1.23. The maximum Gasteiger partial charge on any atom is 0.165 e. The molecule has 0 fully saturated rings. The van der Waals surface area contributed by atoms with Crippen LogP contribution in [0.5, 0.6) is 0 Å². The van der Waals surface area contributed by atoms with Gasteiger partial charge >= 0.3 is 0 Å². The lowest BCUT2D eigenvalue weighted by molar-refractivity contribution is 1.07. The Labute approximate surface area is 300 Å². The minimum atomic E-state index is 0.557. The van der Waals surface area contributed by atoms with Crippen molar-refractivity contribution in [3.63, 3.8) is 0 Å². The zero-order valence-corrected chi connectivity index (χ0v) is 28.0. The van der Waals surface area contributed by atoms with Crippen molar-refractivity contribution in [2.24, 2.45) is 0 Å². The molecule has 10 rings (SSSR count). The third kappa shape index (κ3) is 5.07. The third-order valence-corrected chi connectivity index (χ3v) is 9.89. The summed E-state index contributed by atoms with van der Waals surface area (Å²) >= 11 is 0. The Kier molecular flexibility index (Phi) is 7.07. The zero-order valence-electron chi connectivity index (χ0n) is 28.0. The van der Waals surface area contributed by atoms with Crippen molar-refractivity contribution >= 4 is 43.1 Å². The summed E-state index contributed by atoms with van der Waals surface area (Å²) in [5.41, 5.74) is 7.05. The van der Waals surface area contributed by atoms with Crippen LogP contribution in [0.25, 0.3) is 99.5 Å². The summed E-state index contributed by atoms with van der Waals surface area (Å²) in [6, 6.07) is 53.7. The Bertz CT molecular complexity index is 2860. The lowest BCUT2D eigenvalue weighted by Gasteiger charge is -2.17. The molecule has 5 nitrogen and oxygen atoms in total. The number of nitrogens with zero attached hydrogens (tertiary/aromatic N) is 5. The molecule has 0 N–H and O–H groups in total. The van der Waals surface area contributed by atoms with Crippen LogP contribution in [0, 0.1) is 0 Å². The molecular weight excluding hydrogens is 635 g/mol. The van der Waals surface area contributed by atoms with Crippen molar-refractivity contribution in [1.82, 2.24) is 24.9 Å². The van der Waals surface area contributed by atoms with Crippen molar-refractivity contribution in [2.75, 3.05) is 0 Å². The fourth-order valence-corrected chi connectivity index (χ4v) is 7.45. The van der Waals surface area contributed by atoms with Gasteiger partial charge < -0.3 is 0 Å². The molecule has 0 spiro atoms. The van der Waals surface area contributed by atoms with Gasteiger partial charge in [-0.3, -0.25) is 9.97 Å². The fraction of sp³-hybridized carbons (Fsp3) is 0. The van der Waals surface area contributed by atoms with Crippen LogP contribution in [0.3, 0.4) is 0 Å². The van der Waals surface area contributed by atoms with E-state index in [0.717, 1.165) is 38.9 Å². The second-order valence-corrected chi connectivity index (χ2v) is 12.9. The normalized spacial score (nSPS) is 11.5. The molecule has 5 heteroatoms. The number of hydrogen-bond donors (Lipinski definition) is 0. The Hall–Kier alpha value is -7.11. The lowest BCUT2D eigenvalue weighted by atomic mass is 9.87. The monoisotopic (exact) mass is 663 g/mol. The molecule has 3 aromatic heterocycles. The van der Waals surface area contributed by atoms with E-state index in [0.29, 0.717) is 17.5 Å². The van der Waals surface area contributed by atoms with Crippen molar-refractivity contribution in [1.29, 1.82) is 0 Å². The van der Waals surface area contributed by atoms with Crippen LogP contribution in [0.2, 0.25) is 0 Å². The summed E-state index contributed by atoms with van der Waals surface area (Å²) in [6.07, 6.45) is 7.06. The van der Waals surface area contributed by atoms with Crippen molar-refractivity contribution in [2.45, 2.75) is 0 Å². The number of aromatic nitrogens is 5. The molecule has 0 amide bonds. The number of pyridine rings is 2. The molecule has 0 atom stereocenters. The maximum atomic E-state index is 5.02. The van der Waals surface area contributed by atoms with Gasteiger partial charge in [-0.15, -0.1) is 0 Å². The minimum absolute atomic E-state index is 0.557. The van der Waals surface area contributed by atoms with E-state index in [9.17, 15) is 0 Å². The first kappa shape index (κ1) is 29.8. The molecule has 52 heavy (non-hydrogen) atoms. The van der Waals surface area contributed by atoms with Gasteiger partial charge in [0.2, 0.25) is 0 Å². The molecule has 7 aromatic carbocycles. The Morgan fingerprint density at radius 2 is 0.808 bits per heavy atom. The van der Waals surface area contributed by atoms with Crippen molar-refractivity contribution < 1.29 is 0 Å². The standard InChI is InChI=1S/C47H29N5/c1-2-14-35-30(10-1)11-7-19-37(35)43-27-32(45-50-46(33-12-8-24-48-28-33)52-47(51-45)34-13-9-25-49-29-34)21-22-36(43)31-20-23-42-40-17-4-3-15-38(40)39-16-5-6-18-41(39)44(42)26-31/h1-29H. The predicted octanol–water partition coefficient (Wildman–Crippen LogP) is 11.6. The van der Waals surface area contributed by atoms with Gasteiger partial charge in [0.05, 0.1) is 0 Å². The van der Waals surface area contributed by atoms with Gasteiger partial charge in [0.15, 0.2) is 17.5 Å². The van der Waals surface area contributed by atoms with Gasteiger partial charge in [0, 0.05) is 41.5 Å². The highest BCUT2D eigenvalue weighted by atomic mass is 15.0. The molecule has 3 heterocycles. The highest BCUT2D eigenvalue weighted by Gasteiger charge is 2.18. The van der Waals surface area contributed by atoms with Crippen molar-refractivity contribution in [3.05, 3.63) is 176 Å². The Morgan fingerprint density at radius 3 is 1.42 bits per heavy atom. The molecule has 0 bridgehead atoms. The van der Waals surface area contributed by atoms with Crippen LogP contribution < -0.4 is 0 Å². The average Bonchev–Trinajstić information content (AvgIpc) is 3.23. The molecule has 10 aromatic rings. The minimum Gasteiger partial charge on any atom is -0.264 e. The second-order valence-electron chi connectivity index (χ2n) is 12.9. The first-order valence-electron chi connectivity index (χ1n) is 17.3. The molecule has 242 valence electrons. The van der Waals surface area contributed by atoms with E-state index in [4.69, 9.17) is 15.0 Å². The van der Waals surface area contributed by atoms with Crippen LogP contribution in [0.4, 0.5) is 0 Å². The van der Waals surface area contributed by atoms with Gasteiger partial charge in [-0.05, 0) is 102 Å². The highest BCUT2D eigenvalue weighted by Crippen LogP contribution is 2.42. The molecule has 0 aliphatic carbocycles. The summed E-state index contributed by atoms with van der Waals surface area (Å²) in [4.78, 5) is 23.6. The smallest absolute Gasteiger partial charge is 0.165 e. The summed E-state index contributed by atoms with van der Waals surface area (Å²) in [7, 11) is 0. The van der Waals surface area contributed by atoms with E-state index in [2.05, 4.69) is 137 Å². The SMILES string of the molecule is c1cncc(-c2nc(-c3cccnc3)nc(-c3ccc(-c4ccc5c6ccccc6c6ccccc6c5c4)c(-c4cccc5ccccc45)c3)n2)c1. The van der Waals surface area contributed by atoms with E-state index in [-0.39, 0.29) is 0 Å². The lowest BCUT2D eigenvalue weighted by Crippen LogP contribution is -2.01. The number of benzene rings is 7. The van der Waals surface area contributed by atoms with Crippen LogP contribution >= 0.6 is 0 Å². The van der Waals surface area contributed by atoms with Gasteiger partial charge in [-0.1, -0.05) is 115 Å². The molecule has 0 radical (unpaired) electrons. The maximum absolute atomic E-state index is 5.02. The Morgan fingerprint density at radius 1 is 0.288 bits per heavy atom. The molecule has 0 aliphatic heterocycles. The van der Waals surface area contributed by atoms with Gasteiger partial charge in [0.1, 0.15) is 0 Å². The summed E-state index contributed by atoms with van der Waals surface area (Å²) in [5.74, 6) is 1.69. The van der Waals surface area contributed by atoms with E-state index < -0.39 is 0 Å². The first-order valence-corrected chi connectivity index (χ1v) is 17.3. The molecular formula is C47H29N5. The van der Waals surface area contributed by atoms with Crippen molar-refractivity contribution in [3.8, 4) is 56.4 Å². The third-order valence-electron chi connectivity index (χ3n) is 9.89.